The number of nitrogens with zero attached hydrogens (tertiary/aromatic N) is 1. The standard InChI is InChI=1S/C22H24ClNO5S/c1-22(2,3)29-21(26)24(16-9-7-15(23)8-10-16)19-12-11-17-14(13-25)5-4-6-18(17)20(19)30(27)28/h4-10,19,25H,11-13H2,1-3H3. The van der Waals surface area contributed by atoms with Gasteiger partial charge in [0.15, 0.2) is 0 Å². The van der Waals surface area contributed by atoms with Crippen molar-refractivity contribution in [2.24, 2.45) is 0 Å². The van der Waals surface area contributed by atoms with Crippen molar-refractivity contribution in [3.05, 3.63) is 64.2 Å². The Morgan fingerprint density at radius 1 is 1.20 bits per heavy atom. The van der Waals surface area contributed by atoms with Crippen LogP contribution in [0.25, 0.3) is 0 Å². The van der Waals surface area contributed by atoms with Gasteiger partial charge in [0.2, 0.25) is 10.3 Å². The van der Waals surface area contributed by atoms with Crippen molar-refractivity contribution < 1.29 is 23.1 Å². The zero-order chi connectivity index (χ0) is 22.1. The minimum absolute atomic E-state index is 0.104. The van der Waals surface area contributed by atoms with Crippen molar-refractivity contribution in [3.8, 4) is 0 Å². The number of carbonyl (C=O) groups is 1. The summed E-state index contributed by atoms with van der Waals surface area (Å²) in [4.78, 5) is 14.6. The first-order valence-corrected chi connectivity index (χ1v) is 11.0. The molecule has 1 atom stereocenters. The molecule has 1 amide bonds. The minimum Gasteiger partial charge on any atom is -0.443 e. The van der Waals surface area contributed by atoms with Crippen LogP contribution in [0.2, 0.25) is 5.02 Å². The molecule has 2 aromatic carbocycles. The van der Waals surface area contributed by atoms with E-state index in [1.54, 1.807) is 63.2 Å². The number of anilines is 1. The lowest BCUT2D eigenvalue weighted by atomic mass is 9.84. The molecule has 3 rings (SSSR count). The average Bonchev–Trinajstić information content (AvgIpc) is 2.67. The molecule has 0 radical (unpaired) electrons. The number of fused-ring (bicyclic) bond motifs is 1. The Kier molecular flexibility index (Phi) is 6.55. The normalized spacial score (nSPS) is 16.0. The summed E-state index contributed by atoms with van der Waals surface area (Å²) in [6, 6.07) is 11.1. The van der Waals surface area contributed by atoms with E-state index in [4.69, 9.17) is 16.3 Å². The van der Waals surface area contributed by atoms with E-state index in [1.165, 1.54) is 4.90 Å². The van der Waals surface area contributed by atoms with Gasteiger partial charge in [0.05, 0.1) is 12.6 Å². The molecule has 0 saturated carbocycles. The monoisotopic (exact) mass is 449 g/mol. The van der Waals surface area contributed by atoms with Crippen molar-refractivity contribution in [3.63, 3.8) is 0 Å². The van der Waals surface area contributed by atoms with Crippen molar-refractivity contribution >= 4 is 38.5 Å². The lowest BCUT2D eigenvalue weighted by Crippen LogP contribution is -2.50. The largest absolute Gasteiger partial charge is 0.443 e. The van der Waals surface area contributed by atoms with Crippen LogP contribution in [0, 0.1) is 0 Å². The third-order valence-electron chi connectivity index (χ3n) is 4.87. The highest BCUT2D eigenvalue weighted by molar-refractivity contribution is 7.73. The summed E-state index contributed by atoms with van der Waals surface area (Å²) in [5.74, 6) is 0. The molecule has 1 aliphatic rings. The van der Waals surface area contributed by atoms with Crippen LogP contribution in [-0.4, -0.2) is 36.1 Å². The second-order valence-corrected chi connectivity index (χ2v) is 9.43. The number of halogens is 1. The molecular weight excluding hydrogens is 426 g/mol. The Hall–Kier alpha value is -2.35. The summed E-state index contributed by atoms with van der Waals surface area (Å²) in [5, 5.41) is 10.2. The molecule has 0 aromatic heterocycles. The molecule has 0 fully saturated rings. The highest BCUT2D eigenvalue weighted by atomic mass is 35.5. The van der Waals surface area contributed by atoms with E-state index < -0.39 is 28.0 Å². The smallest absolute Gasteiger partial charge is 0.415 e. The van der Waals surface area contributed by atoms with Gasteiger partial charge in [0.1, 0.15) is 10.5 Å². The van der Waals surface area contributed by atoms with Gasteiger partial charge in [0, 0.05) is 10.7 Å². The Balaban J connectivity index is 2.16. The maximum Gasteiger partial charge on any atom is 0.415 e. The zero-order valence-corrected chi connectivity index (χ0v) is 18.6. The van der Waals surface area contributed by atoms with Crippen LogP contribution >= 0.6 is 11.6 Å². The lowest BCUT2D eigenvalue weighted by molar-refractivity contribution is 0.0573. The van der Waals surface area contributed by atoms with Crippen LogP contribution < -0.4 is 4.90 Å². The summed E-state index contributed by atoms with van der Waals surface area (Å²) in [6.45, 7) is 5.08. The topological polar surface area (TPSA) is 83.9 Å². The summed E-state index contributed by atoms with van der Waals surface area (Å²) in [5.41, 5.74) is 1.73. The number of carbonyl (C=O) groups excluding carboxylic acids is 1. The van der Waals surface area contributed by atoms with Gasteiger partial charge < -0.3 is 9.84 Å². The van der Waals surface area contributed by atoms with Crippen LogP contribution in [0.3, 0.4) is 0 Å². The fourth-order valence-corrected chi connectivity index (χ4v) is 4.62. The molecule has 2 aromatic rings. The van der Waals surface area contributed by atoms with Crippen molar-refractivity contribution in [2.45, 2.75) is 51.9 Å². The molecule has 0 bridgehead atoms. The Morgan fingerprint density at radius 3 is 2.43 bits per heavy atom. The van der Waals surface area contributed by atoms with Gasteiger partial charge in [-0.3, -0.25) is 4.90 Å². The zero-order valence-electron chi connectivity index (χ0n) is 17.1. The van der Waals surface area contributed by atoms with Crippen LogP contribution in [0.1, 0.15) is 43.9 Å². The third-order valence-corrected chi connectivity index (χ3v) is 5.97. The summed E-state index contributed by atoms with van der Waals surface area (Å²) in [7, 11) is -2.58. The van der Waals surface area contributed by atoms with E-state index in [-0.39, 0.29) is 11.5 Å². The Labute approximate surface area is 182 Å². The molecule has 30 heavy (non-hydrogen) atoms. The van der Waals surface area contributed by atoms with Gasteiger partial charge >= 0.3 is 6.09 Å². The fourth-order valence-electron chi connectivity index (χ4n) is 3.67. The average molecular weight is 450 g/mol. The van der Waals surface area contributed by atoms with Gasteiger partial charge in [0.25, 0.3) is 0 Å². The predicted molar refractivity (Wildman–Crippen MR) is 118 cm³/mol. The molecular formula is C22H24ClNO5S. The SMILES string of the molecule is CC(C)(C)OC(=O)N(c1ccc(Cl)cc1)C1CCc2c(CO)cccc2C1=S(=O)=O. The van der Waals surface area contributed by atoms with Crippen LogP contribution in [0.15, 0.2) is 42.5 Å². The number of benzene rings is 2. The maximum absolute atomic E-state index is 13.2. The number of hydrogen-bond acceptors (Lipinski definition) is 5. The minimum atomic E-state index is -2.58. The first kappa shape index (κ1) is 22.3. The van der Waals surface area contributed by atoms with Crippen LogP contribution in [0.4, 0.5) is 10.5 Å². The highest BCUT2D eigenvalue weighted by Crippen LogP contribution is 2.32. The molecule has 0 spiro atoms. The van der Waals surface area contributed by atoms with E-state index in [0.29, 0.717) is 34.7 Å². The van der Waals surface area contributed by atoms with Gasteiger partial charge in [-0.2, -0.15) is 8.42 Å². The van der Waals surface area contributed by atoms with Crippen LogP contribution in [-0.2, 0) is 28.1 Å². The summed E-state index contributed by atoms with van der Waals surface area (Å²) < 4.78 is 30.2. The van der Waals surface area contributed by atoms with E-state index in [2.05, 4.69) is 0 Å². The van der Waals surface area contributed by atoms with Gasteiger partial charge in [-0.15, -0.1) is 0 Å². The van der Waals surface area contributed by atoms with Crippen molar-refractivity contribution in [2.75, 3.05) is 4.90 Å². The maximum atomic E-state index is 13.2. The quantitative estimate of drug-likeness (QED) is 0.716. The molecule has 8 heteroatoms. The lowest BCUT2D eigenvalue weighted by Gasteiger charge is -2.36. The van der Waals surface area contributed by atoms with Crippen LogP contribution in [0.5, 0.6) is 0 Å². The number of aliphatic hydroxyl groups excluding tert-OH is 1. The number of aliphatic hydroxyl groups is 1. The molecule has 0 aliphatic heterocycles. The van der Waals surface area contributed by atoms with E-state index in [0.717, 1.165) is 5.56 Å². The number of ether oxygens (including phenoxy) is 1. The van der Waals surface area contributed by atoms with Gasteiger partial charge in [-0.1, -0.05) is 29.8 Å². The number of hydrogen-bond donors (Lipinski definition) is 1. The molecule has 1 unspecified atom stereocenters. The number of amides is 1. The fraction of sp³-hybridized carbons (Fsp3) is 0.364. The third kappa shape index (κ3) is 4.69. The molecule has 1 N–H and O–H groups in total. The second kappa shape index (κ2) is 8.79. The Bertz CT molecular complexity index is 1080. The second-order valence-electron chi connectivity index (χ2n) is 8.08. The van der Waals surface area contributed by atoms with Crippen molar-refractivity contribution in [1.82, 2.24) is 0 Å². The van der Waals surface area contributed by atoms with Gasteiger partial charge in [-0.25, -0.2) is 4.79 Å². The van der Waals surface area contributed by atoms with E-state index in [1.807, 2.05) is 0 Å². The summed E-state index contributed by atoms with van der Waals surface area (Å²) >= 11 is 6.01. The predicted octanol–water partition coefficient (Wildman–Crippen LogP) is 3.99. The van der Waals surface area contributed by atoms with E-state index in [9.17, 15) is 18.3 Å². The van der Waals surface area contributed by atoms with E-state index >= 15 is 0 Å². The molecule has 1 aliphatic carbocycles. The first-order valence-electron chi connectivity index (χ1n) is 9.58. The Morgan fingerprint density at radius 2 is 1.87 bits per heavy atom. The molecule has 6 nitrogen and oxygen atoms in total. The van der Waals surface area contributed by atoms with Gasteiger partial charge in [-0.05, 0) is 74.6 Å². The molecule has 0 heterocycles. The van der Waals surface area contributed by atoms with Crippen molar-refractivity contribution in [1.29, 1.82) is 0 Å². The summed E-state index contributed by atoms with van der Waals surface area (Å²) in [6.07, 6.45) is 0.249. The molecule has 0 saturated heterocycles. The molecule has 160 valence electrons. The highest BCUT2D eigenvalue weighted by Gasteiger charge is 2.37. The number of rotatable bonds is 3. The first-order chi connectivity index (χ1) is 14.1.